The number of aliphatic hydroxyl groups is 17. The van der Waals surface area contributed by atoms with Gasteiger partial charge in [0.2, 0.25) is 23.6 Å². The number of rotatable bonds is 23. The largest absolute Gasteiger partial charge is 0.477 e. The van der Waals surface area contributed by atoms with Crippen molar-refractivity contribution < 1.29 is 168 Å². The fourth-order valence-corrected chi connectivity index (χ4v) is 10.7. The molecule has 6 saturated heterocycles. The van der Waals surface area contributed by atoms with Gasteiger partial charge in [-0.15, -0.1) is 0 Å². The Hall–Kier alpha value is -3.77. The van der Waals surface area contributed by atoms with Gasteiger partial charge < -0.3 is 165 Å². The molecule has 490 valence electrons. The minimum absolute atomic E-state index is 0.795. The Bertz CT molecular complexity index is 2210. The van der Waals surface area contributed by atoms with Gasteiger partial charge in [0, 0.05) is 34.1 Å². The number of ether oxygens (including phenoxy) is 11. The Morgan fingerprint density at radius 3 is 1.48 bits per heavy atom. The van der Waals surface area contributed by atoms with Crippen molar-refractivity contribution >= 4 is 29.6 Å². The van der Waals surface area contributed by atoms with Crippen molar-refractivity contribution in [2.24, 2.45) is 0 Å². The second-order valence-electron chi connectivity index (χ2n) is 21.2. The highest BCUT2D eigenvalue weighted by Crippen LogP contribution is 2.41. The molecule has 38 nitrogen and oxygen atoms in total. The standard InChI is InChI=1S/C47H78N4O34/c1-12(57)48-23-16(61)5-47(46(73)74,84-39(23)27(63)17(62)6-52)85-40-35(71)45(80-21(10-56)37(40)82-43-24(49-13(2)58)31(67)28(64)18(7-53)77-43)81-36-20(9-55)79-42(25(32(36)68)50-14(3)59)75-11-22-30(66)38(26(41(72)76-22)51-15(4)60)83-44-34(70)33(69)29(65)19(8-54)78-44/h16-45,52-56,61-72H,5-11H2,1-4H3,(H,48,57)(H,49,58)(H,50,59)(H,51,60)(H,73,74)/t16-,17+,18+,19+,20+,21+,22+,23+,24+,25+,26+,27+,28-,29-,30-,31+,32+,33-,34+,35+,36+,37-,38+,39+,40+,41-,42?,43?,44?,45?,47?/m0/s1. The first kappa shape index (κ1) is 70.3. The number of aliphatic carboxylic acids is 1. The minimum Gasteiger partial charge on any atom is -0.477 e. The van der Waals surface area contributed by atoms with Crippen LogP contribution >= 0.6 is 0 Å². The number of amides is 4. The predicted octanol–water partition coefficient (Wildman–Crippen LogP) is -14.3. The summed E-state index contributed by atoms with van der Waals surface area (Å²) >= 11 is 0. The molecule has 0 spiro atoms. The van der Waals surface area contributed by atoms with Crippen LogP contribution in [0.2, 0.25) is 0 Å². The molecule has 0 aliphatic carbocycles. The van der Waals surface area contributed by atoms with Crippen LogP contribution in [-0.2, 0) is 76.1 Å². The van der Waals surface area contributed by atoms with Crippen molar-refractivity contribution in [3.8, 4) is 0 Å². The molecule has 22 N–H and O–H groups in total. The fourth-order valence-electron chi connectivity index (χ4n) is 10.7. The first-order valence-corrected chi connectivity index (χ1v) is 26.7. The Balaban J connectivity index is 1.33. The van der Waals surface area contributed by atoms with E-state index in [4.69, 9.17) is 52.1 Å². The molecule has 31 atom stereocenters. The van der Waals surface area contributed by atoms with Crippen LogP contribution in [-0.4, -0.2) is 351 Å². The van der Waals surface area contributed by atoms with Gasteiger partial charge in [0.1, 0.15) is 140 Å². The third kappa shape index (κ3) is 15.8. The zero-order valence-corrected chi connectivity index (χ0v) is 45.9. The molecular weight excluding hydrogens is 1160 g/mol. The molecular formula is C47H78N4O34. The molecule has 0 aromatic rings. The zero-order chi connectivity index (χ0) is 63.3. The summed E-state index contributed by atoms with van der Waals surface area (Å²) in [5.41, 5.74) is 0. The average molecular weight is 1240 g/mol. The molecule has 5 unspecified atom stereocenters. The number of carboxylic acid groups (broad SMARTS) is 1. The molecule has 6 heterocycles. The Kier molecular flexibility index (Phi) is 24.9. The highest BCUT2D eigenvalue weighted by molar-refractivity contribution is 5.77. The van der Waals surface area contributed by atoms with E-state index in [0.717, 1.165) is 27.7 Å². The van der Waals surface area contributed by atoms with Gasteiger partial charge in [-0.2, -0.15) is 0 Å². The monoisotopic (exact) mass is 1240 g/mol. The lowest BCUT2D eigenvalue weighted by Crippen LogP contribution is -2.72. The van der Waals surface area contributed by atoms with Gasteiger partial charge in [0.05, 0.1) is 51.8 Å². The van der Waals surface area contributed by atoms with Crippen LogP contribution in [0.1, 0.15) is 34.1 Å². The van der Waals surface area contributed by atoms with E-state index in [1.807, 2.05) is 0 Å². The number of hydrogen-bond donors (Lipinski definition) is 22. The molecule has 0 aromatic carbocycles. The molecule has 0 saturated carbocycles. The molecule has 6 aliphatic rings. The molecule has 85 heavy (non-hydrogen) atoms. The van der Waals surface area contributed by atoms with E-state index < -0.39 is 265 Å². The number of aliphatic hydroxyl groups excluding tert-OH is 17. The highest BCUT2D eigenvalue weighted by atomic mass is 16.8. The zero-order valence-electron chi connectivity index (χ0n) is 45.9. The number of carbonyl (C=O) groups excluding carboxylic acids is 4. The van der Waals surface area contributed by atoms with Crippen LogP contribution < -0.4 is 21.3 Å². The fraction of sp³-hybridized carbons (Fsp3) is 0.894. The van der Waals surface area contributed by atoms with E-state index >= 15 is 0 Å². The van der Waals surface area contributed by atoms with E-state index in [2.05, 4.69) is 21.3 Å². The van der Waals surface area contributed by atoms with Crippen LogP contribution in [0.4, 0.5) is 0 Å². The quantitative estimate of drug-likeness (QED) is 0.0452. The number of carboxylic acids is 1. The number of carbonyl (C=O) groups is 5. The maximum absolute atomic E-state index is 13.5. The summed E-state index contributed by atoms with van der Waals surface area (Å²) in [5, 5.41) is 205. The van der Waals surface area contributed by atoms with Gasteiger partial charge in [0.25, 0.3) is 5.79 Å². The van der Waals surface area contributed by atoms with Gasteiger partial charge in [-0.05, 0) is 0 Å². The lowest BCUT2D eigenvalue weighted by molar-refractivity contribution is -0.399. The summed E-state index contributed by atoms with van der Waals surface area (Å²) < 4.78 is 64.1. The first-order chi connectivity index (χ1) is 40.0. The molecule has 6 rings (SSSR count). The lowest BCUT2D eigenvalue weighted by atomic mass is 9.88. The minimum atomic E-state index is -3.36. The first-order valence-electron chi connectivity index (χ1n) is 26.7. The molecule has 6 fully saturated rings. The van der Waals surface area contributed by atoms with Gasteiger partial charge in [-0.25, -0.2) is 4.79 Å². The molecule has 38 heteroatoms. The van der Waals surface area contributed by atoms with Gasteiger partial charge in [-0.3, -0.25) is 19.2 Å². The van der Waals surface area contributed by atoms with E-state index in [9.17, 15) is 116 Å². The highest BCUT2D eigenvalue weighted by Gasteiger charge is 2.62. The number of hydrogen-bond acceptors (Lipinski definition) is 33. The molecule has 6 aliphatic heterocycles. The smallest absolute Gasteiger partial charge is 0.364 e. The van der Waals surface area contributed by atoms with E-state index in [1.54, 1.807) is 0 Å². The molecule has 0 aromatic heterocycles. The predicted molar refractivity (Wildman–Crippen MR) is 263 cm³/mol. The van der Waals surface area contributed by atoms with Crippen LogP contribution in [0.3, 0.4) is 0 Å². The molecule has 0 bridgehead atoms. The third-order valence-corrected chi connectivity index (χ3v) is 15.0. The topological polar surface area (TPSA) is 599 Å². The second-order valence-corrected chi connectivity index (χ2v) is 21.2. The summed E-state index contributed by atoms with van der Waals surface area (Å²) in [6.45, 7) is -2.45. The maximum Gasteiger partial charge on any atom is 0.364 e. The van der Waals surface area contributed by atoms with Crippen molar-refractivity contribution in [2.45, 2.75) is 224 Å². The summed E-state index contributed by atoms with van der Waals surface area (Å²) in [5.74, 6) is -8.95. The SMILES string of the molecule is CC(=O)N[C@@H]1[C@@H](OC2O[C@H](CO)[C@H](O)[C@H](O)[C@H]2O)[C@@H](O)[C@@H](COC2O[C@H](CO)[C@@H](OC3O[C@H](CO)[C@H](OC4O[C@H](CO)[C@H](O)[C@H](O)[C@H]4NC(C)=O)[C@H](OC4(C(=O)O)C[C@H](O)[C@@H](NC(C)=O)[C@H]([C@H](O)[C@H](O)CO)O4)[C@H]3O)[C@H](O)[C@H]2NC(C)=O)O[C@@H]1O. The van der Waals surface area contributed by atoms with E-state index in [-0.39, 0.29) is 0 Å². The Morgan fingerprint density at radius 1 is 0.482 bits per heavy atom. The van der Waals surface area contributed by atoms with Gasteiger partial charge >= 0.3 is 5.97 Å². The van der Waals surface area contributed by atoms with Crippen molar-refractivity contribution in [1.29, 1.82) is 0 Å². The summed E-state index contributed by atoms with van der Waals surface area (Å²) in [4.78, 5) is 63.2. The molecule has 4 amide bonds. The second kappa shape index (κ2) is 30.2. The lowest BCUT2D eigenvalue weighted by Gasteiger charge is -2.52. The van der Waals surface area contributed by atoms with Crippen molar-refractivity contribution in [3.05, 3.63) is 0 Å². The van der Waals surface area contributed by atoms with Crippen LogP contribution in [0.25, 0.3) is 0 Å². The molecule has 0 radical (unpaired) electrons. The Morgan fingerprint density at radius 2 is 0.941 bits per heavy atom. The van der Waals surface area contributed by atoms with Crippen molar-refractivity contribution in [1.82, 2.24) is 21.3 Å². The normalized spacial score (nSPS) is 45.0. The van der Waals surface area contributed by atoms with Gasteiger partial charge in [0.15, 0.2) is 31.5 Å². The summed E-state index contributed by atoms with van der Waals surface area (Å²) in [6.07, 6.45) is -54.1. The average Bonchev–Trinajstić information content (AvgIpc) is 1.05. The van der Waals surface area contributed by atoms with E-state index in [1.165, 1.54) is 0 Å². The van der Waals surface area contributed by atoms with Crippen LogP contribution in [0, 0.1) is 0 Å². The maximum atomic E-state index is 13.5. The van der Waals surface area contributed by atoms with Crippen molar-refractivity contribution in [3.63, 3.8) is 0 Å². The van der Waals surface area contributed by atoms with Crippen LogP contribution in [0.15, 0.2) is 0 Å². The number of nitrogens with one attached hydrogen (secondary N) is 4. The van der Waals surface area contributed by atoms with Crippen LogP contribution in [0.5, 0.6) is 0 Å². The van der Waals surface area contributed by atoms with E-state index in [0.29, 0.717) is 0 Å². The van der Waals surface area contributed by atoms with Crippen molar-refractivity contribution in [2.75, 3.05) is 39.6 Å². The van der Waals surface area contributed by atoms with Gasteiger partial charge in [-0.1, -0.05) is 0 Å². The Labute approximate surface area is 481 Å². The summed E-state index contributed by atoms with van der Waals surface area (Å²) in [7, 11) is 0. The summed E-state index contributed by atoms with van der Waals surface area (Å²) in [6, 6.07) is -7.02. The third-order valence-electron chi connectivity index (χ3n) is 15.0.